The molecule has 3 heterocycles. The van der Waals surface area contributed by atoms with Gasteiger partial charge in [-0.1, -0.05) is 0 Å². The Balaban J connectivity index is 1.63. The van der Waals surface area contributed by atoms with Crippen LogP contribution < -0.4 is 10.4 Å². The van der Waals surface area contributed by atoms with E-state index in [4.69, 9.17) is 14.0 Å². The minimum absolute atomic E-state index is 0.0229. The van der Waals surface area contributed by atoms with Gasteiger partial charge >= 0.3 is 13.1 Å². The molecule has 25 heavy (non-hydrogen) atoms. The van der Waals surface area contributed by atoms with Crippen molar-refractivity contribution in [3.8, 4) is 0 Å². The van der Waals surface area contributed by atoms with Crippen molar-refractivity contribution in [1.29, 1.82) is 0 Å². The highest BCUT2D eigenvalue weighted by Gasteiger charge is 2.52. The van der Waals surface area contributed by atoms with Crippen LogP contribution in [0.5, 0.6) is 0 Å². The molecule has 0 aromatic carbocycles. The molecule has 8 heteroatoms. The van der Waals surface area contributed by atoms with Crippen LogP contribution >= 0.6 is 0 Å². The van der Waals surface area contributed by atoms with Crippen molar-refractivity contribution >= 4 is 24.5 Å². The zero-order valence-corrected chi connectivity index (χ0v) is 15.6. The van der Waals surface area contributed by atoms with Crippen LogP contribution in [-0.2, 0) is 18.8 Å². The molecule has 2 aliphatic heterocycles. The van der Waals surface area contributed by atoms with E-state index in [1.165, 1.54) is 7.11 Å². The molecule has 7 nitrogen and oxygen atoms in total. The molecule has 3 rings (SSSR count). The summed E-state index contributed by atoms with van der Waals surface area (Å²) in [5.41, 5.74) is 0.0462. The van der Waals surface area contributed by atoms with E-state index in [-0.39, 0.29) is 23.1 Å². The molecule has 0 atom stereocenters. The van der Waals surface area contributed by atoms with E-state index in [1.54, 1.807) is 12.4 Å². The quantitative estimate of drug-likeness (QED) is 0.600. The highest BCUT2D eigenvalue weighted by Crippen LogP contribution is 2.36. The number of aromatic nitrogens is 2. The Kier molecular flexibility index (Phi) is 4.77. The van der Waals surface area contributed by atoms with Gasteiger partial charge in [-0.05, 0) is 40.5 Å². The van der Waals surface area contributed by atoms with Crippen molar-refractivity contribution < 1.29 is 18.8 Å². The van der Waals surface area contributed by atoms with Crippen LogP contribution in [0.15, 0.2) is 12.4 Å². The molecule has 0 saturated carbocycles. The van der Waals surface area contributed by atoms with Gasteiger partial charge in [-0.3, -0.25) is 4.79 Å². The Labute approximate surface area is 149 Å². The topological polar surface area (TPSA) is 73.8 Å². The summed E-state index contributed by atoms with van der Waals surface area (Å²) in [4.78, 5) is 22.6. The Morgan fingerprint density at radius 2 is 1.68 bits per heavy atom. The smallest absolute Gasteiger partial charge is 0.469 e. The number of nitrogens with zero attached hydrogens (tertiary/aromatic N) is 3. The molecule has 0 spiro atoms. The average molecular weight is 347 g/mol. The van der Waals surface area contributed by atoms with E-state index in [0.29, 0.717) is 5.95 Å². The predicted molar refractivity (Wildman–Crippen MR) is 94.7 cm³/mol. The summed E-state index contributed by atoms with van der Waals surface area (Å²) in [6.45, 7) is 9.58. The zero-order valence-electron chi connectivity index (χ0n) is 15.6. The predicted octanol–water partition coefficient (Wildman–Crippen LogP) is 1.17. The van der Waals surface area contributed by atoms with Gasteiger partial charge in [0, 0.05) is 30.9 Å². The van der Waals surface area contributed by atoms with Crippen LogP contribution in [0.4, 0.5) is 5.95 Å². The third-order valence-corrected chi connectivity index (χ3v) is 5.50. The number of ether oxygens (including phenoxy) is 1. The molecule has 1 aromatic rings. The summed E-state index contributed by atoms with van der Waals surface area (Å²) in [5.74, 6) is 0.519. The first-order chi connectivity index (χ1) is 11.7. The SMILES string of the molecule is COC(=O)C1CCN(c2ncc(B3OC(C)(C)C(C)(C)O3)cn2)CC1. The summed E-state index contributed by atoms with van der Waals surface area (Å²) in [5, 5.41) is 0. The van der Waals surface area contributed by atoms with Crippen molar-refractivity contribution in [1.82, 2.24) is 9.97 Å². The lowest BCUT2D eigenvalue weighted by molar-refractivity contribution is -0.146. The van der Waals surface area contributed by atoms with Gasteiger partial charge in [-0.2, -0.15) is 0 Å². The van der Waals surface area contributed by atoms with E-state index >= 15 is 0 Å². The molecule has 0 radical (unpaired) electrons. The lowest BCUT2D eigenvalue weighted by Crippen LogP contribution is -2.41. The second-order valence-corrected chi connectivity index (χ2v) is 7.69. The molecule has 0 amide bonds. The molecule has 2 aliphatic rings. The maximum atomic E-state index is 11.6. The lowest BCUT2D eigenvalue weighted by atomic mass is 9.81. The molecule has 2 saturated heterocycles. The van der Waals surface area contributed by atoms with Gasteiger partial charge < -0.3 is 18.9 Å². The summed E-state index contributed by atoms with van der Waals surface area (Å²) in [6.07, 6.45) is 5.04. The second kappa shape index (κ2) is 6.57. The first-order valence-corrected chi connectivity index (χ1v) is 8.74. The van der Waals surface area contributed by atoms with Crippen LogP contribution in [0, 0.1) is 5.92 Å². The summed E-state index contributed by atoms with van der Waals surface area (Å²) in [6, 6.07) is 0. The second-order valence-electron chi connectivity index (χ2n) is 7.69. The van der Waals surface area contributed by atoms with Crippen LogP contribution in [0.2, 0.25) is 0 Å². The first kappa shape index (κ1) is 18.1. The van der Waals surface area contributed by atoms with Crippen molar-refractivity contribution in [2.45, 2.75) is 51.7 Å². The Morgan fingerprint density at radius 1 is 1.16 bits per heavy atom. The molecule has 1 aromatic heterocycles. The standard InChI is InChI=1S/C17H26BN3O4/c1-16(2)17(3,4)25-18(24-16)13-10-19-15(20-11-13)21-8-6-12(7-9-21)14(22)23-5/h10-12H,6-9H2,1-5H3. The number of anilines is 1. The molecule has 0 N–H and O–H groups in total. The van der Waals surface area contributed by atoms with Gasteiger partial charge in [0.2, 0.25) is 5.95 Å². The monoisotopic (exact) mass is 347 g/mol. The number of carbonyl (C=O) groups excluding carboxylic acids is 1. The number of hydrogen-bond acceptors (Lipinski definition) is 7. The van der Waals surface area contributed by atoms with E-state index in [1.807, 2.05) is 27.7 Å². The maximum Gasteiger partial charge on any atom is 0.498 e. The number of hydrogen-bond donors (Lipinski definition) is 0. The van der Waals surface area contributed by atoms with Gasteiger partial charge in [0.25, 0.3) is 0 Å². The van der Waals surface area contributed by atoms with Crippen molar-refractivity contribution in [2.75, 3.05) is 25.1 Å². The van der Waals surface area contributed by atoms with Gasteiger partial charge in [-0.15, -0.1) is 0 Å². The normalized spacial score (nSPS) is 22.9. The first-order valence-electron chi connectivity index (χ1n) is 8.74. The molecule has 0 aliphatic carbocycles. The summed E-state index contributed by atoms with van der Waals surface area (Å²) < 4.78 is 16.9. The molecule has 136 valence electrons. The number of carbonyl (C=O) groups is 1. The Bertz CT molecular complexity index is 611. The molecular weight excluding hydrogens is 321 g/mol. The summed E-state index contributed by atoms with van der Waals surface area (Å²) in [7, 11) is 0.982. The van der Waals surface area contributed by atoms with Gasteiger partial charge in [0.05, 0.1) is 24.2 Å². The number of piperidine rings is 1. The Morgan fingerprint density at radius 3 is 2.16 bits per heavy atom. The fourth-order valence-corrected chi connectivity index (χ4v) is 3.08. The number of rotatable bonds is 3. The third kappa shape index (κ3) is 3.50. The largest absolute Gasteiger partial charge is 0.498 e. The van der Waals surface area contributed by atoms with E-state index in [2.05, 4.69) is 14.9 Å². The van der Waals surface area contributed by atoms with Crippen molar-refractivity contribution in [3.05, 3.63) is 12.4 Å². The Hall–Kier alpha value is -1.67. The molecule has 2 fully saturated rings. The van der Waals surface area contributed by atoms with Crippen molar-refractivity contribution in [2.24, 2.45) is 5.92 Å². The number of esters is 1. The lowest BCUT2D eigenvalue weighted by Gasteiger charge is -2.32. The van der Waals surface area contributed by atoms with Gasteiger partial charge in [0.15, 0.2) is 0 Å². The van der Waals surface area contributed by atoms with Crippen LogP contribution in [0.3, 0.4) is 0 Å². The van der Waals surface area contributed by atoms with Crippen LogP contribution in [0.25, 0.3) is 0 Å². The molecular formula is C17H26BN3O4. The van der Waals surface area contributed by atoms with Crippen LogP contribution in [0.1, 0.15) is 40.5 Å². The van der Waals surface area contributed by atoms with E-state index in [9.17, 15) is 4.79 Å². The average Bonchev–Trinajstić information content (AvgIpc) is 2.82. The van der Waals surface area contributed by atoms with E-state index < -0.39 is 7.12 Å². The molecule has 0 bridgehead atoms. The fraction of sp³-hybridized carbons (Fsp3) is 0.706. The fourth-order valence-electron chi connectivity index (χ4n) is 3.08. The number of methoxy groups -OCH3 is 1. The summed E-state index contributed by atoms with van der Waals surface area (Å²) >= 11 is 0. The highest BCUT2D eigenvalue weighted by atomic mass is 16.7. The third-order valence-electron chi connectivity index (χ3n) is 5.50. The molecule has 0 unspecified atom stereocenters. The van der Waals surface area contributed by atoms with Gasteiger partial charge in [0.1, 0.15) is 0 Å². The highest BCUT2D eigenvalue weighted by molar-refractivity contribution is 6.61. The zero-order chi connectivity index (χ0) is 18.2. The minimum Gasteiger partial charge on any atom is -0.469 e. The van der Waals surface area contributed by atoms with Gasteiger partial charge in [-0.25, -0.2) is 9.97 Å². The van der Waals surface area contributed by atoms with Crippen LogP contribution in [-0.4, -0.2) is 54.5 Å². The van der Waals surface area contributed by atoms with E-state index in [0.717, 1.165) is 31.4 Å². The van der Waals surface area contributed by atoms with Crippen molar-refractivity contribution in [3.63, 3.8) is 0 Å². The minimum atomic E-state index is -0.455. The maximum absolute atomic E-state index is 11.6.